The van der Waals surface area contributed by atoms with Crippen molar-refractivity contribution in [2.45, 2.75) is 0 Å². The summed E-state index contributed by atoms with van der Waals surface area (Å²) in [4.78, 5) is 7.91. The lowest BCUT2D eigenvalue weighted by atomic mass is 10.1. The molecule has 0 aliphatic carbocycles. The van der Waals surface area contributed by atoms with E-state index >= 15 is 0 Å². The highest BCUT2D eigenvalue weighted by Crippen LogP contribution is 2.24. The van der Waals surface area contributed by atoms with E-state index in [2.05, 4.69) is 16.0 Å². The number of nitrogens with zero attached hydrogens (tertiary/aromatic N) is 3. The average molecular weight is 196 g/mol. The largest absolute Gasteiger partial charge is 0.398 e. The summed E-state index contributed by atoms with van der Waals surface area (Å²) in [5.74, 6) is 0. The van der Waals surface area contributed by atoms with E-state index in [1.807, 2.05) is 0 Å². The quantitative estimate of drug-likeness (QED) is 0.703. The minimum Gasteiger partial charge on any atom is -0.398 e. The van der Waals surface area contributed by atoms with Gasteiger partial charge in [0.15, 0.2) is 0 Å². The van der Waals surface area contributed by atoms with E-state index in [1.165, 1.54) is 6.33 Å². The molecule has 4 heteroatoms. The summed E-state index contributed by atoms with van der Waals surface area (Å²) < 4.78 is 0. The molecule has 0 amide bonds. The molecule has 0 saturated heterocycles. The molecule has 0 saturated carbocycles. The third kappa shape index (κ3) is 1.76. The summed E-state index contributed by atoms with van der Waals surface area (Å²) in [6, 6.07) is 8.93. The molecule has 0 aliphatic heterocycles. The summed E-state index contributed by atoms with van der Waals surface area (Å²) in [6.45, 7) is 0. The van der Waals surface area contributed by atoms with Gasteiger partial charge >= 0.3 is 0 Å². The zero-order valence-corrected chi connectivity index (χ0v) is 7.88. The van der Waals surface area contributed by atoms with Gasteiger partial charge in [0.2, 0.25) is 0 Å². The summed E-state index contributed by atoms with van der Waals surface area (Å²) >= 11 is 0. The number of hydrogen-bond acceptors (Lipinski definition) is 4. The van der Waals surface area contributed by atoms with Crippen molar-refractivity contribution < 1.29 is 0 Å². The number of hydrogen-bond donors (Lipinski definition) is 1. The number of anilines is 1. The van der Waals surface area contributed by atoms with E-state index in [1.54, 1.807) is 30.5 Å². The summed E-state index contributed by atoms with van der Waals surface area (Å²) in [7, 11) is 0. The first-order valence-corrected chi connectivity index (χ1v) is 4.37. The molecule has 0 unspecified atom stereocenters. The van der Waals surface area contributed by atoms with Crippen LogP contribution in [0.5, 0.6) is 0 Å². The lowest BCUT2D eigenvalue weighted by molar-refractivity contribution is 1.17. The Morgan fingerprint density at radius 1 is 1.27 bits per heavy atom. The molecule has 0 bridgehead atoms. The fraction of sp³-hybridized carbons (Fsp3) is 0. The van der Waals surface area contributed by atoms with Crippen molar-refractivity contribution in [3.05, 3.63) is 42.4 Å². The zero-order valence-electron chi connectivity index (χ0n) is 7.88. The van der Waals surface area contributed by atoms with Crippen LogP contribution < -0.4 is 5.73 Å². The molecule has 1 aromatic heterocycles. The second-order valence-corrected chi connectivity index (χ2v) is 3.01. The lowest BCUT2D eigenvalue weighted by Gasteiger charge is -2.04. The Morgan fingerprint density at radius 3 is 2.80 bits per heavy atom. The van der Waals surface area contributed by atoms with Crippen LogP contribution in [0.1, 0.15) is 5.56 Å². The predicted molar refractivity (Wildman–Crippen MR) is 56.6 cm³/mol. The first-order valence-electron chi connectivity index (χ1n) is 4.37. The highest BCUT2D eigenvalue weighted by atomic mass is 14.8. The lowest BCUT2D eigenvalue weighted by Crippen LogP contribution is -1.93. The highest BCUT2D eigenvalue weighted by molar-refractivity contribution is 5.74. The molecule has 0 aliphatic rings. The maximum Gasteiger partial charge on any atom is 0.116 e. The van der Waals surface area contributed by atoms with Crippen LogP contribution in [0.25, 0.3) is 11.3 Å². The summed E-state index contributed by atoms with van der Waals surface area (Å²) in [5, 5.41) is 8.78. The Bertz CT molecular complexity index is 514. The third-order valence-electron chi connectivity index (χ3n) is 2.04. The highest BCUT2D eigenvalue weighted by Gasteiger charge is 2.04. The van der Waals surface area contributed by atoms with Gasteiger partial charge in [0.1, 0.15) is 6.33 Å². The van der Waals surface area contributed by atoms with Crippen molar-refractivity contribution in [1.29, 1.82) is 5.26 Å². The first-order chi connectivity index (χ1) is 7.31. The van der Waals surface area contributed by atoms with Crippen molar-refractivity contribution in [2.75, 3.05) is 5.73 Å². The van der Waals surface area contributed by atoms with E-state index < -0.39 is 0 Å². The standard InChI is InChI=1S/C11H8N4/c12-6-8-1-2-10(13)9(5-8)11-3-4-14-7-15-11/h1-5,7H,13H2. The van der Waals surface area contributed by atoms with E-state index in [0.29, 0.717) is 11.3 Å². The maximum absolute atomic E-state index is 8.78. The second kappa shape index (κ2) is 3.76. The van der Waals surface area contributed by atoms with Crippen LogP contribution in [0, 0.1) is 11.3 Å². The van der Waals surface area contributed by atoms with Crippen molar-refractivity contribution >= 4 is 5.69 Å². The minimum absolute atomic E-state index is 0.567. The molecule has 0 fully saturated rings. The molecule has 2 aromatic rings. The van der Waals surface area contributed by atoms with Crippen LogP contribution in [0.15, 0.2) is 36.8 Å². The van der Waals surface area contributed by atoms with Gasteiger partial charge in [0.05, 0.1) is 17.3 Å². The van der Waals surface area contributed by atoms with Crippen LogP contribution in [0.2, 0.25) is 0 Å². The van der Waals surface area contributed by atoms with E-state index in [4.69, 9.17) is 11.0 Å². The van der Waals surface area contributed by atoms with Crippen LogP contribution in [0.3, 0.4) is 0 Å². The van der Waals surface area contributed by atoms with E-state index in [-0.39, 0.29) is 0 Å². The molecule has 1 heterocycles. The smallest absolute Gasteiger partial charge is 0.116 e. The first kappa shape index (κ1) is 9.16. The molecule has 15 heavy (non-hydrogen) atoms. The second-order valence-electron chi connectivity index (χ2n) is 3.01. The Hall–Kier alpha value is -2.41. The van der Waals surface area contributed by atoms with Gasteiger partial charge in [-0.1, -0.05) is 0 Å². The molecular weight excluding hydrogens is 188 g/mol. The molecule has 2 N–H and O–H groups in total. The maximum atomic E-state index is 8.78. The van der Waals surface area contributed by atoms with Gasteiger partial charge in [-0.25, -0.2) is 9.97 Å². The van der Waals surface area contributed by atoms with Crippen molar-refractivity contribution in [3.8, 4) is 17.3 Å². The zero-order chi connectivity index (χ0) is 10.7. The monoisotopic (exact) mass is 196 g/mol. The van der Waals surface area contributed by atoms with Gasteiger partial charge in [-0.3, -0.25) is 0 Å². The molecule has 0 atom stereocenters. The van der Waals surface area contributed by atoms with Crippen LogP contribution >= 0.6 is 0 Å². The summed E-state index contributed by atoms with van der Waals surface area (Å²) in [6.07, 6.45) is 3.09. The van der Waals surface area contributed by atoms with Crippen LogP contribution in [-0.2, 0) is 0 Å². The van der Waals surface area contributed by atoms with Gasteiger partial charge in [0.25, 0.3) is 0 Å². The van der Waals surface area contributed by atoms with Crippen LogP contribution in [0.4, 0.5) is 5.69 Å². The topological polar surface area (TPSA) is 75.6 Å². The molecule has 0 spiro atoms. The molecule has 1 aromatic carbocycles. The van der Waals surface area contributed by atoms with Crippen molar-refractivity contribution in [2.24, 2.45) is 0 Å². The van der Waals surface area contributed by atoms with Gasteiger partial charge in [-0.15, -0.1) is 0 Å². The van der Waals surface area contributed by atoms with Gasteiger partial charge in [0, 0.05) is 17.4 Å². The van der Waals surface area contributed by atoms with Gasteiger partial charge < -0.3 is 5.73 Å². The molecular formula is C11H8N4. The Kier molecular flexibility index (Phi) is 2.30. The number of rotatable bonds is 1. The van der Waals surface area contributed by atoms with Crippen LogP contribution in [-0.4, -0.2) is 9.97 Å². The number of nitrogens with two attached hydrogens (primary N) is 1. The van der Waals surface area contributed by atoms with Crippen molar-refractivity contribution in [1.82, 2.24) is 9.97 Å². The molecule has 72 valence electrons. The molecule has 0 radical (unpaired) electrons. The average Bonchev–Trinajstić information content (AvgIpc) is 2.31. The van der Waals surface area contributed by atoms with E-state index in [9.17, 15) is 0 Å². The van der Waals surface area contributed by atoms with Gasteiger partial charge in [-0.05, 0) is 24.3 Å². The number of nitrogen functional groups attached to an aromatic ring is 1. The Balaban J connectivity index is 2.58. The number of nitriles is 1. The Labute approximate surface area is 87.0 Å². The fourth-order valence-corrected chi connectivity index (χ4v) is 1.30. The third-order valence-corrected chi connectivity index (χ3v) is 2.04. The molecule has 2 rings (SSSR count). The molecule has 4 nitrogen and oxygen atoms in total. The predicted octanol–water partition coefficient (Wildman–Crippen LogP) is 1.60. The SMILES string of the molecule is N#Cc1ccc(N)c(-c2ccncn2)c1. The van der Waals surface area contributed by atoms with Crippen molar-refractivity contribution in [3.63, 3.8) is 0 Å². The van der Waals surface area contributed by atoms with E-state index in [0.717, 1.165) is 11.3 Å². The Morgan fingerprint density at radius 2 is 2.13 bits per heavy atom. The minimum atomic E-state index is 0.567. The fourth-order valence-electron chi connectivity index (χ4n) is 1.30. The number of benzene rings is 1. The normalized spacial score (nSPS) is 9.53. The summed E-state index contributed by atoms with van der Waals surface area (Å²) in [5.41, 5.74) is 8.46. The van der Waals surface area contributed by atoms with Gasteiger partial charge in [-0.2, -0.15) is 5.26 Å². The number of aromatic nitrogens is 2.